The van der Waals surface area contributed by atoms with E-state index < -0.39 is 0 Å². The molecule has 1 aromatic carbocycles. The average molecular weight is 264 g/mol. The number of rotatable bonds is 3. The molecule has 1 aromatic rings. The largest absolute Gasteiger partial charge is 0.504 e. The Morgan fingerprint density at radius 3 is 2.74 bits per heavy atom. The lowest BCUT2D eigenvalue weighted by Crippen LogP contribution is -2.31. The van der Waals surface area contributed by atoms with E-state index in [0.717, 1.165) is 0 Å². The molecule has 1 aliphatic heterocycles. The number of phenols is 1. The summed E-state index contributed by atoms with van der Waals surface area (Å²) in [6.07, 6.45) is 0.587. The molecule has 6 heteroatoms. The monoisotopic (exact) mass is 264 g/mol. The summed E-state index contributed by atoms with van der Waals surface area (Å²) in [6, 6.07) is 4.47. The van der Waals surface area contributed by atoms with Crippen LogP contribution in [0, 0.1) is 5.92 Å². The van der Waals surface area contributed by atoms with E-state index in [4.69, 9.17) is 10.5 Å². The number of amides is 2. The van der Waals surface area contributed by atoms with Crippen LogP contribution in [0.3, 0.4) is 0 Å². The Balaban J connectivity index is 2.12. The number of hydrogen-bond donors (Lipinski definition) is 2. The second-order valence-corrected chi connectivity index (χ2v) is 4.53. The molecule has 0 aliphatic carbocycles. The summed E-state index contributed by atoms with van der Waals surface area (Å²) < 4.78 is 4.92. The van der Waals surface area contributed by atoms with E-state index >= 15 is 0 Å². The summed E-state index contributed by atoms with van der Waals surface area (Å²) in [5.74, 6) is -0.655. The molecule has 2 rings (SSSR count). The average Bonchev–Trinajstić information content (AvgIpc) is 2.87. The number of nitrogens with zero attached hydrogens (tertiary/aromatic N) is 1. The third-order valence-electron chi connectivity index (χ3n) is 3.30. The molecule has 1 aliphatic rings. The molecule has 0 aromatic heterocycles. The number of nitrogens with two attached hydrogens (primary N) is 1. The van der Waals surface area contributed by atoms with Crippen molar-refractivity contribution in [3.8, 4) is 11.5 Å². The van der Waals surface area contributed by atoms with Gasteiger partial charge in [0.05, 0.1) is 13.0 Å². The van der Waals surface area contributed by atoms with Crippen molar-refractivity contribution < 1.29 is 19.4 Å². The minimum atomic E-state index is -0.382. The number of carbonyl (C=O) groups is 2. The van der Waals surface area contributed by atoms with Gasteiger partial charge in [-0.2, -0.15) is 0 Å². The highest BCUT2D eigenvalue weighted by Crippen LogP contribution is 2.27. The van der Waals surface area contributed by atoms with Gasteiger partial charge < -0.3 is 20.5 Å². The number of benzene rings is 1. The van der Waals surface area contributed by atoms with Crippen LogP contribution in [-0.2, 0) is 4.79 Å². The minimum absolute atomic E-state index is 0.0843. The third kappa shape index (κ3) is 2.62. The Kier molecular flexibility index (Phi) is 3.59. The molecule has 0 saturated carbocycles. The quantitative estimate of drug-likeness (QED) is 0.823. The second-order valence-electron chi connectivity index (χ2n) is 4.53. The van der Waals surface area contributed by atoms with Crippen LogP contribution in [0.15, 0.2) is 18.2 Å². The molecule has 2 amide bonds. The predicted octanol–water partition coefficient (Wildman–Crippen LogP) is 0.348. The van der Waals surface area contributed by atoms with Gasteiger partial charge in [-0.05, 0) is 24.6 Å². The van der Waals surface area contributed by atoms with E-state index in [2.05, 4.69) is 0 Å². The predicted molar refractivity (Wildman–Crippen MR) is 67.9 cm³/mol. The summed E-state index contributed by atoms with van der Waals surface area (Å²) in [5.41, 5.74) is 5.59. The SMILES string of the molecule is COc1ccc(C(=O)N2CCC(C(N)=O)C2)cc1O. The van der Waals surface area contributed by atoms with E-state index in [0.29, 0.717) is 30.8 Å². The van der Waals surface area contributed by atoms with Crippen molar-refractivity contribution in [1.29, 1.82) is 0 Å². The van der Waals surface area contributed by atoms with Gasteiger partial charge in [0, 0.05) is 18.7 Å². The van der Waals surface area contributed by atoms with Crippen LogP contribution in [0.2, 0.25) is 0 Å². The first-order valence-electron chi connectivity index (χ1n) is 5.98. The summed E-state index contributed by atoms with van der Waals surface area (Å²) in [7, 11) is 1.44. The maximum Gasteiger partial charge on any atom is 0.254 e. The van der Waals surface area contributed by atoms with Gasteiger partial charge in [0.2, 0.25) is 5.91 Å². The third-order valence-corrected chi connectivity index (χ3v) is 3.30. The maximum atomic E-state index is 12.2. The molecule has 19 heavy (non-hydrogen) atoms. The van der Waals surface area contributed by atoms with Crippen LogP contribution in [0.1, 0.15) is 16.8 Å². The van der Waals surface area contributed by atoms with Crippen LogP contribution >= 0.6 is 0 Å². The van der Waals surface area contributed by atoms with Crippen LogP contribution < -0.4 is 10.5 Å². The summed E-state index contributed by atoms with van der Waals surface area (Å²) >= 11 is 0. The summed E-state index contributed by atoms with van der Waals surface area (Å²) in [5, 5.41) is 9.65. The van der Waals surface area contributed by atoms with Gasteiger partial charge in [-0.25, -0.2) is 0 Å². The van der Waals surface area contributed by atoms with E-state index in [1.807, 2.05) is 0 Å². The van der Waals surface area contributed by atoms with Crippen LogP contribution in [0.4, 0.5) is 0 Å². The van der Waals surface area contributed by atoms with Gasteiger partial charge in [0.15, 0.2) is 11.5 Å². The Hall–Kier alpha value is -2.24. The van der Waals surface area contributed by atoms with Gasteiger partial charge in [0.25, 0.3) is 5.91 Å². The number of phenolic OH excluding ortho intramolecular Hbond substituents is 1. The van der Waals surface area contributed by atoms with Crippen LogP contribution in [0.25, 0.3) is 0 Å². The summed E-state index contributed by atoms with van der Waals surface area (Å²) in [4.78, 5) is 24.8. The van der Waals surface area contributed by atoms with Crippen molar-refractivity contribution in [2.75, 3.05) is 20.2 Å². The normalized spacial score (nSPS) is 18.4. The van der Waals surface area contributed by atoms with Crippen molar-refractivity contribution in [2.24, 2.45) is 11.7 Å². The van der Waals surface area contributed by atoms with E-state index in [-0.39, 0.29) is 23.5 Å². The number of ether oxygens (including phenoxy) is 1. The van der Waals surface area contributed by atoms with Crippen molar-refractivity contribution in [1.82, 2.24) is 4.90 Å². The molecule has 1 fully saturated rings. The first kappa shape index (κ1) is 13.2. The first-order valence-corrected chi connectivity index (χ1v) is 5.98. The number of primary amides is 1. The molecule has 0 bridgehead atoms. The van der Waals surface area contributed by atoms with Gasteiger partial charge in [0.1, 0.15) is 0 Å². The zero-order valence-electron chi connectivity index (χ0n) is 10.6. The van der Waals surface area contributed by atoms with Gasteiger partial charge in [-0.15, -0.1) is 0 Å². The van der Waals surface area contributed by atoms with Gasteiger partial charge in [-0.3, -0.25) is 9.59 Å². The van der Waals surface area contributed by atoms with Gasteiger partial charge in [-0.1, -0.05) is 0 Å². The molecule has 1 unspecified atom stereocenters. The van der Waals surface area contributed by atoms with Crippen molar-refractivity contribution in [2.45, 2.75) is 6.42 Å². The van der Waals surface area contributed by atoms with E-state index in [1.54, 1.807) is 11.0 Å². The molecule has 6 nitrogen and oxygen atoms in total. The fourth-order valence-electron chi connectivity index (χ4n) is 2.18. The molecule has 0 radical (unpaired) electrons. The molecule has 1 saturated heterocycles. The van der Waals surface area contributed by atoms with Gasteiger partial charge >= 0.3 is 0 Å². The molecule has 1 heterocycles. The molecule has 0 spiro atoms. The summed E-state index contributed by atoms with van der Waals surface area (Å²) in [6.45, 7) is 0.834. The van der Waals surface area contributed by atoms with E-state index in [9.17, 15) is 14.7 Å². The molecular formula is C13H16N2O4. The standard InChI is InChI=1S/C13H16N2O4/c1-19-11-3-2-8(6-10(11)16)13(18)15-5-4-9(7-15)12(14)17/h2-3,6,9,16H,4-5,7H2,1H3,(H2,14,17). The zero-order chi connectivity index (χ0) is 14.0. The fourth-order valence-corrected chi connectivity index (χ4v) is 2.18. The van der Waals surface area contributed by atoms with Crippen molar-refractivity contribution >= 4 is 11.8 Å². The van der Waals surface area contributed by atoms with E-state index in [1.165, 1.54) is 19.2 Å². The van der Waals surface area contributed by atoms with Crippen molar-refractivity contribution in [3.05, 3.63) is 23.8 Å². The molecular weight excluding hydrogens is 248 g/mol. The fraction of sp³-hybridized carbons (Fsp3) is 0.385. The van der Waals surface area contributed by atoms with Crippen LogP contribution in [0.5, 0.6) is 11.5 Å². The number of carbonyl (C=O) groups excluding carboxylic acids is 2. The lowest BCUT2D eigenvalue weighted by atomic mass is 10.1. The topological polar surface area (TPSA) is 92.9 Å². The Morgan fingerprint density at radius 1 is 1.47 bits per heavy atom. The molecule has 3 N–H and O–H groups in total. The maximum absolute atomic E-state index is 12.2. The highest BCUT2D eigenvalue weighted by atomic mass is 16.5. The number of aromatic hydroxyl groups is 1. The lowest BCUT2D eigenvalue weighted by Gasteiger charge is -2.16. The molecule has 1 atom stereocenters. The smallest absolute Gasteiger partial charge is 0.254 e. The van der Waals surface area contributed by atoms with Crippen LogP contribution in [-0.4, -0.2) is 42.0 Å². The number of likely N-dealkylation sites (tertiary alicyclic amines) is 1. The second kappa shape index (κ2) is 5.17. The Bertz CT molecular complexity index is 515. The van der Waals surface area contributed by atoms with Crippen molar-refractivity contribution in [3.63, 3.8) is 0 Å². The Labute approximate surface area is 110 Å². The number of methoxy groups -OCH3 is 1. The highest BCUT2D eigenvalue weighted by Gasteiger charge is 2.30. The minimum Gasteiger partial charge on any atom is -0.504 e. The first-order chi connectivity index (χ1) is 9.02. The number of hydrogen-bond acceptors (Lipinski definition) is 4. The molecule has 102 valence electrons. The Morgan fingerprint density at radius 2 is 2.21 bits per heavy atom. The lowest BCUT2D eigenvalue weighted by molar-refractivity contribution is -0.121. The zero-order valence-corrected chi connectivity index (χ0v) is 10.6. The highest BCUT2D eigenvalue weighted by molar-refractivity contribution is 5.95.